The molecule has 0 radical (unpaired) electrons. The van der Waals surface area contributed by atoms with Gasteiger partial charge in [0.25, 0.3) is 0 Å². The Morgan fingerprint density at radius 3 is 3.00 bits per heavy atom. The van der Waals surface area contributed by atoms with E-state index in [9.17, 15) is 0 Å². The maximum Gasteiger partial charge on any atom is 0.176 e. The van der Waals surface area contributed by atoms with Gasteiger partial charge in [-0.25, -0.2) is 0 Å². The van der Waals surface area contributed by atoms with E-state index in [0.717, 1.165) is 29.0 Å². The van der Waals surface area contributed by atoms with Crippen LogP contribution in [0.2, 0.25) is 0 Å². The van der Waals surface area contributed by atoms with E-state index in [-0.39, 0.29) is 0 Å². The third-order valence-corrected chi connectivity index (χ3v) is 4.67. The molecule has 1 heterocycles. The summed E-state index contributed by atoms with van der Waals surface area (Å²) in [7, 11) is 1.67. The van der Waals surface area contributed by atoms with Gasteiger partial charge in [-0.15, -0.1) is 0 Å². The normalized spacial score (nSPS) is 17.2. The van der Waals surface area contributed by atoms with Crippen molar-refractivity contribution in [3.8, 4) is 5.75 Å². The van der Waals surface area contributed by atoms with Gasteiger partial charge in [-0.2, -0.15) is 0 Å². The number of para-hydroxylation sites is 1. The molecule has 0 saturated heterocycles. The number of hydrogen-bond donors (Lipinski definition) is 1. The van der Waals surface area contributed by atoms with Gasteiger partial charge in [-0.3, -0.25) is 0 Å². The van der Waals surface area contributed by atoms with Crippen LogP contribution in [0, 0.1) is 0 Å². The molecule has 3 heteroatoms. The van der Waals surface area contributed by atoms with Gasteiger partial charge in [-0.1, -0.05) is 36.4 Å². The molecular weight excluding hydrogens is 286 g/mol. The minimum Gasteiger partial charge on any atom is -0.493 e. The Balaban J connectivity index is 1.54. The summed E-state index contributed by atoms with van der Waals surface area (Å²) in [4.78, 5) is 0. The molecule has 1 aliphatic carbocycles. The fourth-order valence-electron chi connectivity index (χ4n) is 3.53. The fourth-order valence-corrected chi connectivity index (χ4v) is 3.53. The quantitative estimate of drug-likeness (QED) is 0.764. The zero-order chi connectivity index (χ0) is 15.6. The summed E-state index contributed by atoms with van der Waals surface area (Å²) >= 11 is 0. The lowest BCUT2D eigenvalue weighted by Gasteiger charge is -2.26. The van der Waals surface area contributed by atoms with Gasteiger partial charge >= 0.3 is 0 Å². The highest BCUT2D eigenvalue weighted by Gasteiger charge is 2.19. The second-order valence-corrected chi connectivity index (χ2v) is 6.12. The van der Waals surface area contributed by atoms with E-state index in [2.05, 4.69) is 41.7 Å². The van der Waals surface area contributed by atoms with E-state index in [1.54, 1.807) is 7.11 Å². The Labute approximate surface area is 136 Å². The summed E-state index contributed by atoms with van der Waals surface area (Å²) in [6.07, 6.45) is 3.61. The number of furan rings is 1. The van der Waals surface area contributed by atoms with Crippen molar-refractivity contribution in [3.63, 3.8) is 0 Å². The Hall–Kier alpha value is -2.26. The van der Waals surface area contributed by atoms with Crippen molar-refractivity contribution in [1.82, 2.24) is 5.32 Å². The van der Waals surface area contributed by atoms with E-state index in [1.807, 2.05) is 12.1 Å². The standard InChI is InChI=1S/C20H21NO2/c1-22-19-11-5-8-15-12-16(23-20(15)19)13-21-18-10-4-7-14-6-2-3-9-17(14)18/h2-3,5-6,8-9,11-12,18,21H,4,7,10,13H2,1H3. The second kappa shape index (κ2) is 6.09. The summed E-state index contributed by atoms with van der Waals surface area (Å²) < 4.78 is 11.3. The van der Waals surface area contributed by atoms with Gasteiger partial charge in [-0.05, 0) is 42.5 Å². The molecule has 0 fully saturated rings. The van der Waals surface area contributed by atoms with Crippen molar-refractivity contribution in [2.24, 2.45) is 0 Å². The molecule has 0 saturated carbocycles. The molecule has 0 amide bonds. The van der Waals surface area contributed by atoms with Gasteiger partial charge in [0.2, 0.25) is 0 Å². The maximum atomic E-state index is 5.98. The van der Waals surface area contributed by atoms with E-state index in [0.29, 0.717) is 6.04 Å². The summed E-state index contributed by atoms with van der Waals surface area (Å²) in [5, 5.41) is 4.75. The van der Waals surface area contributed by atoms with Crippen LogP contribution < -0.4 is 10.1 Å². The molecule has 2 aromatic carbocycles. The molecule has 4 rings (SSSR count). The number of aryl methyl sites for hydroxylation is 1. The van der Waals surface area contributed by atoms with Gasteiger partial charge < -0.3 is 14.5 Å². The minimum absolute atomic E-state index is 0.412. The molecule has 0 bridgehead atoms. The van der Waals surface area contributed by atoms with Gasteiger partial charge in [0.1, 0.15) is 5.76 Å². The zero-order valence-electron chi connectivity index (χ0n) is 13.3. The van der Waals surface area contributed by atoms with Crippen LogP contribution in [0.15, 0.2) is 52.9 Å². The number of ether oxygens (including phenoxy) is 1. The largest absolute Gasteiger partial charge is 0.493 e. The molecule has 3 aromatic rings. The third kappa shape index (κ3) is 2.73. The van der Waals surface area contributed by atoms with Gasteiger partial charge in [0.05, 0.1) is 13.7 Å². The lowest BCUT2D eigenvalue weighted by atomic mass is 9.88. The van der Waals surface area contributed by atoms with Crippen molar-refractivity contribution >= 4 is 11.0 Å². The van der Waals surface area contributed by atoms with Crippen LogP contribution in [0.3, 0.4) is 0 Å². The Kier molecular flexibility index (Phi) is 3.80. The number of rotatable bonds is 4. The van der Waals surface area contributed by atoms with Crippen LogP contribution in [0.4, 0.5) is 0 Å². The van der Waals surface area contributed by atoms with Crippen molar-refractivity contribution < 1.29 is 9.15 Å². The first-order valence-corrected chi connectivity index (χ1v) is 8.22. The molecule has 1 unspecified atom stereocenters. The first-order valence-electron chi connectivity index (χ1n) is 8.22. The smallest absolute Gasteiger partial charge is 0.176 e. The Bertz CT molecular complexity index is 821. The van der Waals surface area contributed by atoms with Crippen LogP contribution in [0.1, 0.15) is 35.8 Å². The molecule has 0 spiro atoms. The van der Waals surface area contributed by atoms with Crippen LogP contribution in [0.5, 0.6) is 5.75 Å². The van der Waals surface area contributed by atoms with E-state index >= 15 is 0 Å². The molecule has 1 N–H and O–H groups in total. The first-order chi connectivity index (χ1) is 11.3. The van der Waals surface area contributed by atoms with Gasteiger partial charge in [0.15, 0.2) is 11.3 Å². The topological polar surface area (TPSA) is 34.4 Å². The fraction of sp³-hybridized carbons (Fsp3) is 0.300. The second-order valence-electron chi connectivity index (χ2n) is 6.12. The molecule has 1 aromatic heterocycles. The van der Waals surface area contributed by atoms with Crippen LogP contribution in [0.25, 0.3) is 11.0 Å². The third-order valence-electron chi connectivity index (χ3n) is 4.67. The molecular formula is C20H21NO2. The number of fused-ring (bicyclic) bond motifs is 2. The Morgan fingerprint density at radius 2 is 2.09 bits per heavy atom. The van der Waals surface area contributed by atoms with Crippen molar-refractivity contribution in [2.75, 3.05) is 7.11 Å². The monoisotopic (exact) mass is 307 g/mol. The lowest BCUT2D eigenvalue weighted by Crippen LogP contribution is -2.24. The predicted molar refractivity (Wildman–Crippen MR) is 91.7 cm³/mol. The van der Waals surface area contributed by atoms with Crippen molar-refractivity contribution in [2.45, 2.75) is 31.8 Å². The van der Waals surface area contributed by atoms with Crippen molar-refractivity contribution in [3.05, 3.63) is 65.4 Å². The molecule has 1 aliphatic rings. The summed E-state index contributed by atoms with van der Waals surface area (Å²) in [5.74, 6) is 1.74. The average Bonchev–Trinajstić information content (AvgIpc) is 3.03. The van der Waals surface area contributed by atoms with Crippen LogP contribution >= 0.6 is 0 Å². The molecule has 23 heavy (non-hydrogen) atoms. The van der Waals surface area contributed by atoms with E-state index in [4.69, 9.17) is 9.15 Å². The summed E-state index contributed by atoms with van der Waals surface area (Å²) in [6.45, 7) is 0.733. The van der Waals surface area contributed by atoms with Crippen LogP contribution in [-0.2, 0) is 13.0 Å². The highest BCUT2D eigenvalue weighted by atomic mass is 16.5. The predicted octanol–water partition coefficient (Wildman–Crippen LogP) is 4.61. The van der Waals surface area contributed by atoms with Crippen LogP contribution in [-0.4, -0.2) is 7.11 Å². The highest BCUT2D eigenvalue weighted by molar-refractivity contribution is 5.83. The number of methoxy groups -OCH3 is 1. The number of hydrogen-bond acceptors (Lipinski definition) is 3. The Morgan fingerprint density at radius 1 is 1.17 bits per heavy atom. The minimum atomic E-state index is 0.412. The maximum absolute atomic E-state index is 5.98. The SMILES string of the molecule is COc1cccc2cc(CNC3CCCc4ccccc43)oc12. The molecule has 118 valence electrons. The average molecular weight is 307 g/mol. The molecule has 3 nitrogen and oxygen atoms in total. The van der Waals surface area contributed by atoms with E-state index < -0.39 is 0 Å². The summed E-state index contributed by atoms with van der Waals surface area (Å²) in [5.41, 5.74) is 3.74. The first kappa shape index (κ1) is 14.3. The molecule has 0 aliphatic heterocycles. The number of benzene rings is 2. The molecule has 1 atom stereocenters. The lowest BCUT2D eigenvalue weighted by molar-refractivity contribution is 0.399. The summed E-state index contributed by atoms with van der Waals surface area (Å²) in [6, 6.07) is 17.2. The highest BCUT2D eigenvalue weighted by Crippen LogP contribution is 2.31. The van der Waals surface area contributed by atoms with E-state index in [1.165, 1.54) is 30.4 Å². The zero-order valence-corrected chi connectivity index (χ0v) is 13.3. The van der Waals surface area contributed by atoms with Gasteiger partial charge in [0, 0.05) is 11.4 Å². The number of nitrogens with one attached hydrogen (secondary N) is 1. The van der Waals surface area contributed by atoms with Crippen molar-refractivity contribution in [1.29, 1.82) is 0 Å².